The molecule has 6 amide bonds. The van der Waals surface area contributed by atoms with Gasteiger partial charge in [-0.05, 0) is 137 Å². The van der Waals surface area contributed by atoms with Gasteiger partial charge in [0.2, 0.25) is 21.9 Å². The molecule has 0 saturated carbocycles. The van der Waals surface area contributed by atoms with Crippen LogP contribution < -0.4 is 32.1 Å². The summed E-state index contributed by atoms with van der Waals surface area (Å²) in [5.41, 5.74) is 1.13. The molecular weight excluding hydrogens is 1390 g/mol. The van der Waals surface area contributed by atoms with Gasteiger partial charge in [-0.15, -0.1) is 0 Å². The largest absolute Gasteiger partial charge is 0.460 e. The number of cyclic esters (lactones) is 1. The highest BCUT2D eigenvalue weighted by molar-refractivity contribution is 6.67. The van der Waals surface area contributed by atoms with Crippen LogP contribution in [0.5, 0.6) is 0 Å². The third-order valence-corrected chi connectivity index (χ3v) is 17.1. The number of rotatable bonds is 13. The Bertz CT molecular complexity index is 3770. The monoisotopic (exact) mass is 1470 g/mol. The maximum Gasteiger partial charge on any atom is 0.408 e. The third kappa shape index (κ3) is 21.4. The summed E-state index contributed by atoms with van der Waals surface area (Å²) < 4.78 is 72.6. The van der Waals surface area contributed by atoms with Crippen LogP contribution in [0.4, 0.5) is 13.6 Å². The first-order chi connectivity index (χ1) is 47.3. The van der Waals surface area contributed by atoms with Gasteiger partial charge in [0.05, 0.1) is 60.9 Å². The van der Waals surface area contributed by atoms with E-state index >= 15 is 8.78 Å². The molecule has 0 aliphatic carbocycles. The van der Waals surface area contributed by atoms with Crippen LogP contribution in [0.25, 0.3) is 34.0 Å². The van der Waals surface area contributed by atoms with Gasteiger partial charge in [-0.3, -0.25) is 58.3 Å². The average molecular weight is 1470 g/mol. The second kappa shape index (κ2) is 33.1. The number of carbonyl (C=O) groups is 9. The van der Waals surface area contributed by atoms with Gasteiger partial charge in [0.1, 0.15) is 60.8 Å². The molecule has 9 rings (SSSR count). The van der Waals surface area contributed by atoms with Gasteiger partial charge in [0.15, 0.2) is 11.3 Å². The number of pyridine rings is 2. The van der Waals surface area contributed by atoms with Gasteiger partial charge in [0.25, 0.3) is 23.6 Å². The molecule has 32 heteroatoms. The van der Waals surface area contributed by atoms with Crippen LogP contribution >= 0.6 is 34.8 Å². The van der Waals surface area contributed by atoms with E-state index in [9.17, 15) is 43.2 Å². The highest BCUT2D eigenvalue weighted by Crippen LogP contribution is 2.34. The lowest BCUT2D eigenvalue weighted by Crippen LogP contribution is -2.62. The first kappa shape index (κ1) is 79.0. The van der Waals surface area contributed by atoms with E-state index in [1.165, 1.54) is 24.9 Å². The molecule has 2 aromatic heterocycles. The van der Waals surface area contributed by atoms with E-state index in [-0.39, 0.29) is 52.5 Å². The van der Waals surface area contributed by atoms with Gasteiger partial charge in [0, 0.05) is 23.9 Å². The Balaban J connectivity index is 0.000000265. The van der Waals surface area contributed by atoms with Gasteiger partial charge in [-0.1, -0.05) is 95.5 Å². The maximum atomic E-state index is 15.6. The molecule has 5 aliphatic rings. The maximum absolute atomic E-state index is 15.6. The molecule has 4 aromatic rings. The van der Waals surface area contributed by atoms with Crippen molar-refractivity contribution in [2.45, 2.75) is 171 Å². The summed E-state index contributed by atoms with van der Waals surface area (Å²) in [6.45, 7) is 15.3. The number of halogens is 5. The predicted molar refractivity (Wildman–Crippen MR) is 367 cm³/mol. The summed E-state index contributed by atoms with van der Waals surface area (Å²) in [5.74, 6) is -6.19. The number of esters is 3. The lowest BCUT2D eigenvalue weighted by atomic mass is 9.88. The van der Waals surface area contributed by atoms with Crippen molar-refractivity contribution in [3.8, 4) is 0 Å². The molecule has 0 unspecified atom stereocenters. The molecule has 4 fully saturated rings. The zero-order valence-electron chi connectivity index (χ0n) is 58.0. The Hall–Kier alpha value is -7.74. The van der Waals surface area contributed by atoms with E-state index < -0.39 is 134 Å². The highest BCUT2D eigenvalue weighted by atomic mass is 35.6. The number of fused-ring (bicyclic) bond motifs is 5. The first-order valence-corrected chi connectivity index (χ1v) is 34.1. The fourth-order valence-electron chi connectivity index (χ4n) is 11.2. The lowest BCUT2D eigenvalue weighted by Gasteiger charge is -2.36. The van der Waals surface area contributed by atoms with E-state index in [0.29, 0.717) is 65.8 Å². The topological polar surface area (TPSA) is 332 Å². The Morgan fingerprint density at radius 3 is 2.04 bits per heavy atom. The second-order valence-corrected chi connectivity index (χ2v) is 30.1. The SMILES string of the molecule is C[C@@H]1NC(=O)[C@H](C(C)(C)F)OC(=O)C2(/C=C/c3ccc4ccc(nc4c3)[C@@H](C)NC(=O)[C@@H]3CCCN(N3)C1=O)COCOC2.C[C@H](NC(=O)[C@@H](OC(=O)C1(/C=C/c2ccc3ccc([C@@H](C)NC(=O)OC(C)(C)C)nc3c2)COCOC1)C(C)(C)F)C(=O)N1CCC[C@@H](C(=O)OCC(Cl)(Cl)Cl)N1. The van der Waals surface area contributed by atoms with E-state index in [2.05, 4.69) is 32.1 Å². The van der Waals surface area contributed by atoms with Gasteiger partial charge in [-0.2, -0.15) is 0 Å². The molecule has 8 atom stereocenters. The first-order valence-electron chi connectivity index (χ1n) is 32.9. The molecule has 2 aromatic carbocycles. The summed E-state index contributed by atoms with van der Waals surface area (Å²) in [7, 11) is 0. The molecule has 101 heavy (non-hydrogen) atoms. The standard InChI is InChI=1S/C38H49Cl3FN5O10.C31H38FN5O7/c1-22(44-34(52)57-35(3,4)5)26-13-12-25-11-10-24(17-28(25)45-26)14-15-37(18-53-21-54-19-37)33(51)56-29(36(6,7)42)30(48)43-23(2)31(49)47-16-8-9-27(46-47)32(50)55-20-38(39,40)41;1-18-22-10-9-21-8-7-20(14-24(21)35-22)11-12-31(15-42-17-43-16-31)29(41)44-25(30(3,4)32)27(39)34-19(2)28(40)37-13-5-6-23(36-37)26(38)33-18/h10-15,17,22-23,27,29,46H,8-9,16,18-21H2,1-7H3,(H,43,48)(H,44,52);7-12,14,18-19,23,25,36H,5-6,13,15-17H2,1-4H3,(H,33,38)(H,34,39)/b15-14+;12-11+/t22-,23+,27+,29-;18-,19+,23+,25-/m11/s1. The van der Waals surface area contributed by atoms with E-state index in [1.807, 2.05) is 49.4 Å². The summed E-state index contributed by atoms with van der Waals surface area (Å²) in [6.07, 6.45) is 3.72. The normalized spacial score (nSPS) is 23.0. The zero-order chi connectivity index (χ0) is 74.0. The van der Waals surface area contributed by atoms with Crippen molar-refractivity contribution in [3.63, 3.8) is 0 Å². The van der Waals surface area contributed by atoms with Crippen molar-refractivity contribution >= 4 is 122 Å². The molecule has 6 N–H and O–H groups in total. The van der Waals surface area contributed by atoms with E-state index in [4.69, 9.17) is 82.7 Å². The Morgan fingerprint density at radius 1 is 0.762 bits per heavy atom. The molecule has 0 radical (unpaired) electrons. The number of hydrogen-bond donors (Lipinski definition) is 6. The quantitative estimate of drug-likeness (QED) is 0.0429. The molecule has 5 aliphatic heterocycles. The Labute approximate surface area is 598 Å². The van der Waals surface area contributed by atoms with Crippen LogP contribution in [-0.4, -0.2) is 190 Å². The van der Waals surface area contributed by atoms with Crippen molar-refractivity contribution < 1.29 is 89.8 Å². The number of nitrogens with one attached hydrogen (secondary N) is 6. The van der Waals surface area contributed by atoms with E-state index in [0.717, 1.165) is 43.5 Å². The molecular formula is C69H87Cl3F2N10O17. The van der Waals surface area contributed by atoms with Crippen LogP contribution in [-0.2, 0) is 76.3 Å². The van der Waals surface area contributed by atoms with Gasteiger partial charge in [-0.25, -0.2) is 24.4 Å². The number of aromatic nitrogens is 2. The number of amides is 6. The third-order valence-electron chi connectivity index (χ3n) is 16.7. The molecule has 5 bridgehead atoms. The van der Waals surface area contributed by atoms with Crippen LogP contribution in [0.1, 0.15) is 136 Å². The van der Waals surface area contributed by atoms with Crippen LogP contribution in [0, 0.1) is 10.8 Å². The van der Waals surface area contributed by atoms with Crippen LogP contribution in [0.2, 0.25) is 0 Å². The Kier molecular flexibility index (Phi) is 25.9. The number of alkyl carbamates (subject to hydrolysis) is 1. The zero-order valence-corrected chi connectivity index (χ0v) is 60.3. The minimum atomic E-state index is -2.40. The minimum absolute atomic E-state index is 0.0379. The second-order valence-electron chi connectivity index (χ2n) is 27.6. The fourth-order valence-corrected chi connectivity index (χ4v) is 11.4. The predicted octanol–water partition coefficient (Wildman–Crippen LogP) is 7.49. The molecule has 1 spiro atoms. The van der Waals surface area contributed by atoms with Crippen LogP contribution in [0.3, 0.4) is 0 Å². The minimum Gasteiger partial charge on any atom is -0.460 e. The Morgan fingerprint density at radius 2 is 1.39 bits per heavy atom. The molecule has 7 heterocycles. The van der Waals surface area contributed by atoms with Gasteiger partial charge >= 0.3 is 24.0 Å². The number of alkyl halides is 5. The molecule has 4 saturated heterocycles. The number of ether oxygens (including phenoxy) is 8. The molecule has 27 nitrogen and oxygen atoms in total. The number of nitrogens with zero attached hydrogens (tertiary/aromatic N) is 4. The smallest absolute Gasteiger partial charge is 0.408 e. The summed E-state index contributed by atoms with van der Waals surface area (Å²) in [4.78, 5) is 128. The summed E-state index contributed by atoms with van der Waals surface area (Å²) in [6, 6.07) is 13.5. The van der Waals surface area contributed by atoms with Crippen molar-refractivity contribution in [1.29, 1.82) is 0 Å². The average Bonchev–Trinajstić information content (AvgIpc) is 0.986. The van der Waals surface area contributed by atoms with Crippen molar-refractivity contribution in [2.24, 2.45) is 10.8 Å². The van der Waals surface area contributed by atoms with Crippen LogP contribution in [0.15, 0.2) is 72.8 Å². The number of hydrazine groups is 2. The van der Waals surface area contributed by atoms with E-state index in [1.54, 1.807) is 64.1 Å². The summed E-state index contributed by atoms with van der Waals surface area (Å²) >= 11 is 17.0. The lowest BCUT2D eigenvalue weighted by molar-refractivity contribution is -0.196. The number of hydrogen-bond acceptors (Lipinski definition) is 21. The van der Waals surface area contributed by atoms with Crippen molar-refractivity contribution in [1.82, 2.24) is 52.1 Å². The number of carbonyl (C=O) groups excluding carboxylic acids is 9. The summed E-state index contributed by atoms with van der Waals surface area (Å²) in [5, 5.41) is 14.8. The fraction of sp³-hybridized carbons (Fsp3) is 0.551. The van der Waals surface area contributed by atoms with Crippen molar-refractivity contribution in [2.75, 3.05) is 59.7 Å². The number of benzene rings is 2. The highest BCUT2D eigenvalue weighted by Gasteiger charge is 2.49. The van der Waals surface area contributed by atoms with Crippen molar-refractivity contribution in [3.05, 3.63) is 95.3 Å². The molecule has 550 valence electrons. The van der Waals surface area contributed by atoms with Gasteiger partial charge < -0.3 is 59.2 Å².